The fourth-order valence-electron chi connectivity index (χ4n) is 1.36. The average Bonchev–Trinajstić information content (AvgIpc) is 2.28. The molecule has 0 fully saturated rings. The Kier molecular flexibility index (Phi) is 5.16. The minimum Gasteiger partial charge on any atom is -0.444 e. The van der Waals surface area contributed by atoms with E-state index in [1.807, 2.05) is 0 Å². The number of nitrogens with one attached hydrogen (secondary N) is 2. The number of rotatable bonds is 2. The first-order valence-corrected chi connectivity index (χ1v) is 6.82. The number of benzene rings is 1. The van der Waals surface area contributed by atoms with Crippen molar-refractivity contribution in [1.29, 1.82) is 0 Å². The third kappa shape index (κ3) is 5.06. The van der Waals surface area contributed by atoms with Crippen LogP contribution < -0.4 is 10.6 Å². The molecular weight excluding hydrogens is 359 g/mol. The van der Waals surface area contributed by atoms with Crippen LogP contribution in [0.1, 0.15) is 31.1 Å². The molecule has 0 unspecified atom stereocenters. The molecule has 0 bridgehead atoms. The van der Waals surface area contributed by atoms with E-state index in [1.54, 1.807) is 46.0 Å². The molecule has 19 heavy (non-hydrogen) atoms. The summed E-state index contributed by atoms with van der Waals surface area (Å²) in [7, 11) is 1.54. The van der Waals surface area contributed by atoms with Crippen molar-refractivity contribution >= 4 is 40.3 Å². The summed E-state index contributed by atoms with van der Waals surface area (Å²) < 4.78 is 6.06. The normalized spacial score (nSPS) is 10.8. The van der Waals surface area contributed by atoms with Crippen LogP contribution in [0, 0.1) is 3.57 Å². The highest BCUT2D eigenvalue weighted by Crippen LogP contribution is 2.20. The summed E-state index contributed by atoms with van der Waals surface area (Å²) in [6.45, 7) is 5.33. The molecule has 0 aliphatic heterocycles. The van der Waals surface area contributed by atoms with Crippen molar-refractivity contribution < 1.29 is 14.3 Å². The summed E-state index contributed by atoms with van der Waals surface area (Å²) in [4.78, 5) is 23.5. The zero-order valence-electron chi connectivity index (χ0n) is 11.3. The lowest BCUT2D eigenvalue weighted by atomic mass is 10.1. The van der Waals surface area contributed by atoms with Crippen molar-refractivity contribution in [2.45, 2.75) is 26.4 Å². The lowest BCUT2D eigenvalue weighted by Gasteiger charge is -2.20. The fourth-order valence-corrected chi connectivity index (χ4v) is 1.85. The highest BCUT2D eigenvalue weighted by atomic mass is 127. The molecular formula is C13H17IN2O3. The lowest BCUT2D eigenvalue weighted by molar-refractivity contribution is 0.0636. The number of carbonyl (C=O) groups is 2. The summed E-state index contributed by atoms with van der Waals surface area (Å²) in [5, 5.41) is 5.12. The zero-order valence-corrected chi connectivity index (χ0v) is 13.5. The van der Waals surface area contributed by atoms with Crippen LogP contribution in [0.5, 0.6) is 0 Å². The zero-order chi connectivity index (χ0) is 14.6. The molecule has 5 nitrogen and oxygen atoms in total. The molecule has 0 saturated carbocycles. The Hall–Kier alpha value is -1.31. The van der Waals surface area contributed by atoms with E-state index in [4.69, 9.17) is 4.74 Å². The van der Waals surface area contributed by atoms with E-state index < -0.39 is 11.7 Å². The minimum absolute atomic E-state index is 0.260. The van der Waals surface area contributed by atoms with Crippen LogP contribution in [0.15, 0.2) is 18.2 Å². The maximum absolute atomic E-state index is 11.7. The number of hydrogen-bond donors (Lipinski definition) is 2. The van der Waals surface area contributed by atoms with E-state index >= 15 is 0 Å². The van der Waals surface area contributed by atoms with Gasteiger partial charge in [-0.1, -0.05) is 0 Å². The van der Waals surface area contributed by atoms with Crippen molar-refractivity contribution in [3.05, 3.63) is 27.3 Å². The molecule has 0 saturated heterocycles. The second-order valence-electron chi connectivity index (χ2n) is 4.90. The quantitative estimate of drug-likeness (QED) is 0.780. The first-order valence-electron chi connectivity index (χ1n) is 5.74. The molecule has 0 radical (unpaired) electrons. The van der Waals surface area contributed by atoms with Crippen LogP contribution in [-0.4, -0.2) is 24.6 Å². The summed E-state index contributed by atoms with van der Waals surface area (Å²) in [5.41, 5.74) is 0.245. The van der Waals surface area contributed by atoms with Crippen molar-refractivity contribution in [3.8, 4) is 0 Å². The largest absolute Gasteiger partial charge is 0.444 e. The second-order valence-corrected chi connectivity index (χ2v) is 6.14. The Bertz CT molecular complexity index is 495. The highest BCUT2D eigenvalue weighted by molar-refractivity contribution is 14.1. The lowest BCUT2D eigenvalue weighted by Crippen LogP contribution is -2.28. The van der Waals surface area contributed by atoms with Gasteiger partial charge >= 0.3 is 6.09 Å². The second kappa shape index (κ2) is 6.23. The molecule has 2 N–H and O–H groups in total. The van der Waals surface area contributed by atoms with Gasteiger partial charge in [0.05, 0.1) is 11.3 Å². The van der Waals surface area contributed by atoms with Crippen LogP contribution in [0.2, 0.25) is 0 Å². The van der Waals surface area contributed by atoms with Crippen molar-refractivity contribution in [2.24, 2.45) is 0 Å². The maximum atomic E-state index is 11.7. The third-order valence-corrected chi connectivity index (χ3v) is 2.76. The molecule has 0 aliphatic rings. The molecule has 0 atom stereocenters. The number of halogens is 1. The van der Waals surface area contributed by atoms with Crippen molar-refractivity contribution in [2.75, 3.05) is 12.4 Å². The third-order valence-electron chi connectivity index (χ3n) is 2.09. The van der Waals surface area contributed by atoms with Gasteiger partial charge in [0.1, 0.15) is 5.60 Å². The van der Waals surface area contributed by atoms with Gasteiger partial charge in [-0.15, -0.1) is 0 Å². The summed E-state index contributed by atoms with van der Waals surface area (Å²) in [5.74, 6) is -0.260. The smallest absolute Gasteiger partial charge is 0.412 e. The van der Waals surface area contributed by atoms with Gasteiger partial charge in [-0.05, 0) is 61.6 Å². The molecule has 0 heterocycles. The van der Waals surface area contributed by atoms with Gasteiger partial charge < -0.3 is 10.1 Å². The van der Waals surface area contributed by atoms with Crippen molar-refractivity contribution in [1.82, 2.24) is 5.32 Å². The van der Waals surface area contributed by atoms with Gasteiger partial charge in [-0.2, -0.15) is 0 Å². The van der Waals surface area contributed by atoms with Gasteiger partial charge in [0.2, 0.25) is 0 Å². The Morgan fingerprint density at radius 2 is 1.89 bits per heavy atom. The Labute approximate surface area is 126 Å². The van der Waals surface area contributed by atoms with E-state index in [1.165, 1.54) is 0 Å². The topological polar surface area (TPSA) is 67.4 Å². The molecule has 1 rings (SSSR count). The minimum atomic E-state index is -0.584. The number of anilines is 1. The average molecular weight is 376 g/mol. The molecule has 2 amide bonds. The number of hydrogen-bond acceptors (Lipinski definition) is 3. The van der Waals surface area contributed by atoms with E-state index in [-0.39, 0.29) is 5.91 Å². The number of amides is 2. The fraction of sp³-hybridized carbons (Fsp3) is 0.385. The van der Waals surface area contributed by atoms with E-state index in [9.17, 15) is 9.59 Å². The van der Waals surface area contributed by atoms with Crippen LogP contribution in [0.25, 0.3) is 0 Å². The van der Waals surface area contributed by atoms with Crippen molar-refractivity contribution in [3.63, 3.8) is 0 Å². The highest BCUT2D eigenvalue weighted by Gasteiger charge is 2.18. The monoisotopic (exact) mass is 376 g/mol. The van der Waals surface area contributed by atoms with Crippen LogP contribution in [0.4, 0.5) is 10.5 Å². The van der Waals surface area contributed by atoms with E-state index in [0.29, 0.717) is 11.3 Å². The van der Waals surface area contributed by atoms with Crippen LogP contribution in [0.3, 0.4) is 0 Å². The molecule has 1 aromatic carbocycles. The predicted octanol–water partition coefficient (Wildman–Crippen LogP) is 3.00. The van der Waals surface area contributed by atoms with Gasteiger partial charge in [0, 0.05) is 10.6 Å². The Morgan fingerprint density at radius 3 is 2.42 bits per heavy atom. The Morgan fingerprint density at radius 1 is 1.26 bits per heavy atom. The molecule has 1 aromatic rings. The maximum Gasteiger partial charge on any atom is 0.412 e. The van der Waals surface area contributed by atoms with Gasteiger partial charge in [0.15, 0.2) is 0 Å². The standard InChI is InChI=1S/C13H17IN2O3/c1-13(2,3)19-12(18)16-10-6-5-8(14)7-9(10)11(17)15-4/h5-7H,1-4H3,(H,15,17)(H,16,18). The van der Waals surface area contributed by atoms with Gasteiger partial charge in [0.25, 0.3) is 5.91 Å². The molecule has 6 heteroatoms. The van der Waals surface area contributed by atoms with Crippen LogP contribution in [-0.2, 0) is 4.74 Å². The molecule has 0 aliphatic carbocycles. The number of carbonyl (C=O) groups excluding carboxylic acids is 2. The first kappa shape index (κ1) is 15.7. The Balaban J connectivity index is 2.95. The predicted molar refractivity (Wildman–Crippen MR) is 82.4 cm³/mol. The van der Waals surface area contributed by atoms with Crippen LogP contribution >= 0.6 is 22.6 Å². The van der Waals surface area contributed by atoms with Gasteiger partial charge in [-0.3, -0.25) is 10.1 Å². The summed E-state index contributed by atoms with van der Waals surface area (Å²) >= 11 is 2.10. The van der Waals surface area contributed by atoms with Gasteiger partial charge in [-0.25, -0.2) is 4.79 Å². The molecule has 0 aromatic heterocycles. The summed E-state index contributed by atoms with van der Waals surface area (Å²) in [6, 6.07) is 5.18. The number of ether oxygens (including phenoxy) is 1. The SMILES string of the molecule is CNC(=O)c1cc(I)ccc1NC(=O)OC(C)(C)C. The van der Waals surface area contributed by atoms with E-state index in [0.717, 1.165) is 3.57 Å². The summed E-state index contributed by atoms with van der Waals surface area (Å²) in [6.07, 6.45) is -0.584. The molecule has 0 spiro atoms. The molecule has 104 valence electrons. The van der Waals surface area contributed by atoms with E-state index in [2.05, 4.69) is 33.2 Å². The first-order chi connectivity index (χ1) is 8.73.